The molecular weight excluding hydrogens is 206 g/mol. The maximum absolute atomic E-state index is 11.1. The molecule has 1 fully saturated rings. The van der Waals surface area contributed by atoms with E-state index in [0.717, 1.165) is 0 Å². The van der Waals surface area contributed by atoms with Crippen LogP contribution in [0, 0.1) is 5.41 Å². The van der Waals surface area contributed by atoms with E-state index >= 15 is 0 Å². The molecule has 80 valence electrons. The highest BCUT2D eigenvalue weighted by atomic mass is 32.2. The molecule has 1 atom stereocenters. The van der Waals surface area contributed by atoms with Crippen LogP contribution in [-0.4, -0.2) is 39.0 Å². The number of sulfone groups is 1. The Morgan fingerprint density at radius 2 is 2.14 bits per heavy atom. The smallest absolute Gasteiger partial charge is 0.323 e. The lowest BCUT2D eigenvalue weighted by molar-refractivity contribution is -0.144. The van der Waals surface area contributed by atoms with E-state index in [9.17, 15) is 13.2 Å². The summed E-state index contributed by atoms with van der Waals surface area (Å²) < 4.78 is 26.5. The first-order chi connectivity index (χ1) is 6.37. The lowest BCUT2D eigenvalue weighted by Gasteiger charge is -2.41. The molecule has 1 aliphatic rings. The van der Waals surface area contributed by atoms with Crippen LogP contribution in [-0.2, 0) is 19.4 Å². The van der Waals surface area contributed by atoms with Crippen LogP contribution in [0.1, 0.15) is 0 Å². The standard InChI is InChI=1S/C8H13NO4S/c1-3-8(4-14(11,12)5-8)6(9)7(10)13-2/h3,6H,1,4-5,9H2,2H3. The third-order valence-corrected chi connectivity index (χ3v) is 4.41. The van der Waals surface area contributed by atoms with Gasteiger partial charge in [0, 0.05) is 5.41 Å². The molecule has 6 heteroatoms. The second kappa shape index (κ2) is 3.36. The number of carbonyl (C=O) groups is 1. The summed E-state index contributed by atoms with van der Waals surface area (Å²) in [5, 5.41) is 0. The molecule has 0 radical (unpaired) electrons. The number of methoxy groups -OCH3 is 1. The highest BCUT2D eigenvalue weighted by Crippen LogP contribution is 2.36. The van der Waals surface area contributed by atoms with Crippen LogP contribution < -0.4 is 5.73 Å². The van der Waals surface area contributed by atoms with Crippen molar-refractivity contribution >= 4 is 15.8 Å². The van der Waals surface area contributed by atoms with Crippen molar-refractivity contribution < 1.29 is 17.9 Å². The zero-order chi connectivity index (χ0) is 11.0. The number of hydrogen-bond acceptors (Lipinski definition) is 5. The van der Waals surface area contributed by atoms with E-state index < -0.39 is 27.3 Å². The Balaban J connectivity index is 2.85. The zero-order valence-electron chi connectivity index (χ0n) is 7.89. The number of hydrogen-bond donors (Lipinski definition) is 1. The van der Waals surface area contributed by atoms with E-state index in [1.165, 1.54) is 13.2 Å². The molecule has 0 bridgehead atoms. The second-order valence-electron chi connectivity index (χ2n) is 3.47. The van der Waals surface area contributed by atoms with Crippen molar-refractivity contribution in [1.82, 2.24) is 0 Å². The van der Waals surface area contributed by atoms with Gasteiger partial charge < -0.3 is 10.5 Å². The second-order valence-corrected chi connectivity index (χ2v) is 5.53. The summed E-state index contributed by atoms with van der Waals surface area (Å²) in [5.41, 5.74) is 4.75. The summed E-state index contributed by atoms with van der Waals surface area (Å²) in [6.07, 6.45) is 1.43. The summed E-state index contributed by atoms with van der Waals surface area (Å²) in [6.45, 7) is 3.51. The summed E-state index contributed by atoms with van der Waals surface area (Å²) in [7, 11) is -1.83. The molecule has 1 rings (SSSR count). The normalized spacial score (nSPS) is 24.4. The maximum atomic E-state index is 11.1. The number of nitrogens with two attached hydrogens (primary N) is 1. The van der Waals surface area contributed by atoms with Gasteiger partial charge in [-0.2, -0.15) is 0 Å². The number of carbonyl (C=O) groups excluding carboxylic acids is 1. The first-order valence-electron chi connectivity index (χ1n) is 4.04. The fourth-order valence-electron chi connectivity index (χ4n) is 1.56. The van der Waals surface area contributed by atoms with Crippen molar-refractivity contribution in [3.8, 4) is 0 Å². The van der Waals surface area contributed by atoms with E-state index in [1.807, 2.05) is 0 Å². The predicted octanol–water partition coefficient (Wildman–Crippen LogP) is -0.912. The first kappa shape index (κ1) is 11.2. The van der Waals surface area contributed by atoms with E-state index in [1.54, 1.807) is 0 Å². The molecule has 14 heavy (non-hydrogen) atoms. The minimum atomic E-state index is -3.05. The van der Waals surface area contributed by atoms with Crippen LogP contribution in [0.3, 0.4) is 0 Å². The van der Waals surface area contributed by atoms with Gasteiger partial charge in [-0.05, 0) is 0 Å². The lowest BCUT2D eigenvalue weighted by Crippen LogP contribution is -2.60. The van der Waals surface area contributed by atoms with Gasteiger partial charge in [0.05, 0.1) is 18.6 Å². The molecule has 0 amide bonds. The quantitative estimate of drug-likeness (QED) is 0.490. The van der Waals surface area contributed by atoms with Crippen molar-refractivity contribution in [1.29, 1.82) is 0 Å². The van der Waals surface area contributed by atoms with Gasteiger partial charge in [0.1, 0.15) is 6.04 Å². The summed E-state index contributed by atoms with van der Waals surface area (Å²) in [6, 6.07) is -0.950. The maximum Gasteiger partial charge on any atom is 0.323 e. The van der Waals surface area contributed by atoms with E-state index in [-0.39, 0.29) is 11.5 Å². The number of rotatable bonds is 3. The van der Waals surface area contributed by atoms with Crippen LogP contribution in [0.5, 0.6) is 0 Å². The SMILES string of the molecule is C=CC1(C(N)C(=O)OC)CS(=O)(=O)C1. The molecule has 1 saturated heterocycles. The highest BCUT2D eigenvalue weighted by Gasteiger charge is 2.53. The molecule has 0 aromatic heterocycles. The minimum Gasteiger partial charge on any atom is -0.468 e. The van der Waals surface area contributed by atoms with Gasteiger partial charge in [0.2, 0.25) is 0 Å². The number of ether oxygens (including phenoxy) is 1. The molecule has 1 aliphatic heterocycles. The van der Waals surface area contributed by atoms with Gasteiger partial charge in [0.25, 0.3) is 0 Å². The lowest BCUT2D eigenvalue weighted by atomic mass is 9.83. The van der Waals surface area contributed by atoms with Crippen LogP contribution in [0.4, 0.5) is 0 Å². The summed E-state index contributed by atoms with van der Waals surface area (Å²) >= 11 is 0. The average molecular weight is 219 g/mol. The highest BCUT2D eigenvalue weighted by molar-refractivity contribution is 7.92. The fourth-order valence-corrected chi connectivity index (χ4v) is 3.71. The van der Waals surface area contributed by atoms with Crippen molar-refractivity contribution in [2.75, 3.05) is 18.6 Å². The van der Waals surface area contributed by atoms with Crippen LogP contribution in [0.15, 0.2) is 12.7 Å². The zero-order valence-corrected chi connectivity index (χ0v) is 8.71. The Morgan fingerprint density at radius 3 is 2.43 bits per heavy atom. The minimum absolute atomic E-state index is 0.125. The van der Waals surface area contributed by atoms with Gasteiger partial charge in [0.15, 0.2) is 9.84 Å². The molecule has 0 spiro atoms. The summed E-state index contributed by atoms with van der Waals surface area (Å²) in [4.78, 5) is 11.1. The largest absolute Gasteiger partial charge is 0.468 e. The number of esters is 1. The van der Waals surface area contributed by atoms with Crippen molar-refractivity contribution in [3.63, 3.8) is 0 Å². The fraction of sp³-hybridized carbons (Fsp3) is 0.625. The van der Waals surface area contributed by atoms with E-state index in [0.29, 0.717) is 0 Å². The average Bonchev–Trinajstić information content (AvgIpc) is 2.10. The Hall–Kier alpha value is -0.880. The van der Waals surface area contributed by atoms with E-state index in [4.69, 9.17) is 5.73 Å². The van der Waals surface area contributed by atoms with Gasteiger partial charge >= 0.3 is 5.97 Å². The topological polar surface area (TPSA) is 86.5 Å². The third kappa shape index (κ3) is 1.67. The van der Waals surface area contributed by atoms with Gasteiger partial charge in [-0.3, -0.25) is 4.79 Å². The molecular formula is C8H13NO4S. The molecule has 0 aromatic rings. The molecule has 0 aliphatic carbocycles. The molecule has 2 N–H and O–H groups in total. The van der Waals surface area contributed by atoms with E-state index in [2.05, 4.69) is 11.3 Å². The monoisotopic (exact) mass is 219 g/mol. The Labute approximate surface area is 82.8 Å². The van der Waals surface area contributed by atoms with Crippen molar-refractivity contribution in [2.24, 2.45) is 11.1 Å². The van der Waals surface area contributed by atoms with Crippen molar-refractivity contribution in [2.45, 2.75) is 6.04 Å². The Kier molecular flexibility index (Phi) is 2.69. The molecule has 5 nitrogen and oxygen atoms in total. The Morgan fingerprint density at radius 1 is 1.64 bits per heavy atom. The van der Waals surface area contributed by atoms with Gasteiger partial charge in [-0.15, -0.1) is 6.58 Å². The first-order valence-corrected chi connectivity index (χ1v) is 5.86. The molecule has 1 unspecified atom stereocenters. The predicted molar refractivity (Wildman–Crippen MR) is 51.3 cm³/mol. The third-order valence-electron chi connectivity index (χ3n) is 2.46. The molecule has 1 heterocycles. The molecule has 0 aromatic carbocycles. The Bertz CT molecular complexity index is 348. The van der Waals surface area contributed by atoms with Crippen molar-refractivity contribution in [3.05, 3.63) is 12.7 Å². The summed E-state index contributed by atoms with van der Waals surface area (Å²) in [5.74, 6) is -0.862. The molecule has 0 saturated carbocycles. The van der Waals surface area contributed by atoms with Crippen LogP contribution in [0.2, 0.25) is 0 Å². The van der Waals surface area contributed by atoms with Gasteiger partial charge in [-0.25, -0.2) is 8.42 Å². The van der Waals surface area contributed by atoms with Crippen LogP contribution in [0.25, 0.3) is 0 Å². The van der Waals surface area contributed by atoms with Crippen LogP contribution >= 0.6 is 0 Å². The van der Waals surface area contributed by atoms with Gasteiger partial charge in [-0.1, -0.05) is 6.08 Å².